The van der Waals surface area contributed by atoms with Crippen LogP contribution in [0.2, 0.25) is 10.0 Å². The number of halogens is 2. The van der Waals surface area contributed by atoms with E-state index in [9.17, 15) is 4.79 Å². The van der Waals surface area contributed by atoms with Crippen LogP contribution in [0.5, 0.6) is 0 Å². The molecule has 0 unspecified atom stereocenters. The lowest BCUT2D eigenvalue weighted by Gasteiger charge is -2.16. The minimum absolute atomic E-state index is 0.136. The summed E-state index contributed by atoms with van der Waals surface area (Å²) in [4.78, 5) is 18.6. The Morgan fingerprint density at radius 1 is 1.18 bits per heavy atom. The third-order valence-electron chi connectivity index (χ3n) is 3.17. The molecule has 0 aliphatic heterocycles. The van der Waals surface area contributed by atoms with Gasteiger partial charge < -0.3 is 4.90 Å². The van der Waals surface area contributed by atoms with E-state index in [1.807, 2.05) is 24.3 Å². The fourth-order valence-corrected chi connectivity index (χ4v) is 3.71. The monoisotopic (exact) mass is 350 g/mol. The normalized spacial score (nSPS) is 10.9. The van der Waals surface area contributed by atoms with Crippen LogP contribution in [0, 0.1) is 0 Å². The number of para-hydroxylation sites is 1. The summed E-state index contributed by atoms with van der Waals surface area (Å²) in [6.45, 7) is 0.447. The van der Waals surface area contributed by atoms with Crippen LogP contribution in [0.3, 0.4) is 0 Å². The summed E-state index contributed by atoms with van der Waals surface area (Å²) in [5, 5.41) is 1.79. The van der Waals surface area contributed by atoms with Crippen molar-refractivity contribution in [2.75, 3.05) is 7.05 Å². The number of hydrogen-bond donors (Lipinski definition) is 0. The minimum Gasteiger partial charge on any atom is -0.335 e. The molecule has 3 aromatic rings. The van der Waals surface area contributed by atoms with Crippen molar-refractivity contribution < 1.29 is 4.79 Å². The topological polar surface area (TPSA) is 33.2 Å². The zero-order valence-corrected chi connectivity index (χ0v) is 14.0. The summed E-state index contributed by atoms with van der Waals surface area (Å²) in [6.07, 6.45) is 0. The van der Waals surface area contributed by atoms with Crippen LogP contribution in [0.4, 0.5) is 0 Å². The van der Waals surface area contributed by atoms with Crippen molar-refractivity contribution in [3.8, 4) is 0 Å². The molecule has 22 heavy (non-hydrogen) atoms. The van der Waals surface area contributed by atoms with Gasteiger partial charge in [-0.05, 0) is 30.3 Å². The van der Waals surface area contributed by atoms with Crippen LogP contribution >= 0.6 is 34.5 Å². The Morgan fingerprint density at radius 2 is 1.86 bits per heavy atom. The van der Waals surface area contributed by atoms with Crippen LogP contribution in [0.25, 0.3) is 10.2 Å². The summed E-state index contributed by atoms with van der Waals surface area (Å²) < 4.78 is 1.11. The van der Waals surface area contributed by atoms with Gasteiger partial charge in [-0.2, -0.15) is 0 Å². The number of carbonyl (C=O) groups excluding carboxylic acids is 1. The average molecular weight is 351 g/mol. The predicted octanol–water partition coefficient (Wildman–Crippen LogP) is 4.88. The first-order valence-electron chi connectivity index (χ1n) is 6.59. The summed E-state index contributed by atoms with van der Waals surface area (Å²) in [6, 6.07) is 12.8. The highest BCUT2D eigenvalue weighted by Crippen LogP contribution is 2.24. The third-order valence-corrected chi connectivity index (χ3v) is 4.62. The van der Waals surface area contributed by atoms with E-state index in [2.05, 4.69) is 4.98 Å². The lowest BCUT2D eigenvalue weighted by Crippen LogP contribution is -2.26. The first kappa shape index (κ1) is 15.3. The number of nitrogens with zero attached hydrogens (tertiary/aromatic N) is 2. The summed E-state index contributed by atoms with van der Waals surface area (Å²) in [7, 11) is 1.74. The molecule has 1 heterocycles. The quantitative estimate of drug-likeness (QED) is 0.674. The first-order chi connectivity index (χ1) is 10.5. The smallest absolute Gasteiger partial charge is 0.254 e. The Balaban J connectivity index is 1.81. The van der Waals surface area contributed by atoms with E-state index in [4.69, 9.17) is 23.2 Å². The summed E-state index contributed by atoms with van der Waals surface area (Å²) >= 11 is 13.5. The SMILES string of the molecule is CN(Cc1nc2ccccc2s1)C(=O)c1cc(Cl)cc(Cl)c1. The molecule has 0 aliphatic rings. The number of benzene rings is 2. The van der Waals surface area contributed by atoms with Gasteiger partial charge in [0.15, 0.2) is 0 Å². The number of rotatable bonds is 3. The van der Waals surface area contributed by atoms with Gasteiger partial charge in [0.2, 0.25) is 0 Å². The van der Waals surface area contributed by atoms with Crippen LogP contribution in [-0.4, -0.2) is 22.8 Å². The van der Waals surface area contributed by atoms with Crippen molar-refractivity contribution in [3.05, 3.63) is 63.1 Å². The van der Waals surface area contributed by atoms with E-state index in [1.165, 1.54) is 0 Å². The van der Waals surface area contributed by atoms with E-state index in [0.29, 0.717) is 22.2 Å². The van der Waals surface area contributed by atoms with Crippen LogP contribution in [0.15, 0.2) is 42.5 Å². The van der Waals surface area contributed by atoms with Crippen molar-refractivity contribution >= 4 is 50.7 Å². The van der Waals surface area contributed by atoms with Crippen molar-refractivity contribution in [3.63, 3.8) is 0 Å². The maximum Gasteiger partial charge on any atom is 0.254 e. The van der Waals surface area contributed by atoms with E-state index in [0.717, 1.165) is 15.2 Å². The van der Waals surface area contributed by atoms with Gasteiger partial charge in [0.25, 0.3) is 5.91 Å². The van der Waals surface area contributed by atoms with E-state index in [-0.39, 0.29) is 5.91 Å². The first-order valence-corrected chi connectivity index (χ1v) is 8.16. The zero-order valence-electron chi connectivity index (χ0n) is 11.7. The number of thiazole rings is 1. The molecule has 112 valence electrons. The van der Waals surface area contributed by atoms with Crippen LogP contribution in [-0.2, 0) is 6.54 Å². The maximum atomic E-state index is 12.5. The fourth-order valence-electron chi connectivity index (χ4n) is 2.16. The van der Waals surface area contributed by atoms with Crippen molar-refractivity contribution in [2.24, 2.45) is 0 Å². The second-order valence-electron chi connectivity index (χ2n) is 4.89. The van der Waals surface area contributed by atoms with Gasteiger partial charge in [0, 0.05) is 22.7 Å². The second-order valence-corrected chi connectivity index (χ2v) is 6.88. The number of hydrogen-bond acceptors (Lipinski definition) is 3. The number of fused-ring (bicyclic) bond motifs is 1. The molecule has 2 aromatic carbocycles. The third kappa shape index (κ3) is 3.24. The molecule has 0 saturated carbocycles. The van der Waals surface area contributed by atoms with E-state index >= 15 is 0 Å². The number of carbonyl (C=O) groups is 1. The molecular weight excluding hydrogens is 339 g/mol. The summed E-state index contributed by atoms with van der Waals surface area (Å²) in [5.41, 5.74) is 1.43. The van der Waals surface area contributed by atoms with Crippen molar-refractivity contribution in [1.29, 1.82) is 0 Å². The molecule has 0 aliphatic carbocycles. The molecule has 6 heteroatoms. The molecule has 1 amide bonds. The van der Waals surface area contributed by atoms with Gasteiger partial charge >= 0.3 is 0 Å². The Hall–Kier alpha value is -1.62. The molecule has 0 bridgehead atoms. The molecule has 0 spiro atoms. The van der Waals surface area contributed by atoms with E-state index in [1.54, 1.807) is 41.5 Å². The Bertz CT molecular complexity index is 794. The summed E-state index contributed by atoms with van der Waals surface area (Å²) in [5.74, 6) is -0.136. The highest BCUT2D eigenvalue weighted by Gasteiger charge is 2.15. The van der Waals surface area contributed by atoms with Crippen LogP contribution < -0.4 is 0 Å². The van der Waals surface area contributed by atoms with Gasteiger partial charge in [-0.15, -0.1) is 11.3 Å². The van der Waals surface area contributed by atoms with Crippen molar-refractivity contribution in [1.82, 2.24) is 9.88 Å². The Morgan fingerprint density at radius 3 is 2.55 bits per heavy atom. The molecule has 0 N–H and O–H groups in total. The molecule has 1 aromatic heterocycles. The van der Waals surface area contributed by atoms with Gasteiger partial charge in [-0.25, -0.2) is 4.98 Å². The number of aromatic nitrogens is 1. The Labute approximate surface area is 142 Å². The Kier molecular flexibility index (Phi) is 4.34. The lowest BCUT2D eigenvalue weighted by atomic mass is 10.2. The molecule has 3 rings (SSSR count). The van der Waals surface area contributed by atoms with Gasteiger partial charge in [0.1, 0.15) is 5.01 Å². The van der Waals surface area contributed by atoms with E-state index < -0.39 is 0 Å². The fraction of sp³-hybridized carbons (Fsp3) is 0.125. The van der Waals surface area contributed by atoms with Crippen molar-refractivity contribution in [2.45, 2.75) is 6.54 Å². The average Bonchev–Trinajstić information content (AvgIpc) is 2.87. The molecular formula is C16H12Cl2N2OS. The molecule has 0 fully saturated rings. The minimum atomic E-state index is -0.136. The largest absolute Gasteiger partial charge is 0.335 e. The highest BCUT2D eigenvalue weighted by molar-refractivity contribution is 7.18. The lowest BCUT2D eigenvalue weighted by molar-refractivity contribution is 0.0785. The molecule has 3 nitrogen and oxygen atoms in total. The predicted molar refractivity (Wildman–Crippen MR) is 91.9 cm³/mol. The maximum absolute atomic E-state index is 12.5. The second kappa shape index (κ2) is 6.24. The van der Waals surface area contributed by atoms with Gasteiger partial charge in [0.05, 0.1) is 16.8 Å². The molecule has 0 radical (unpaired) electrons. The zero-order chi connectivity index (χ0) is 15.7. The standard InChI is InChI=1S/C16H12Cl2N2OS/c1-20(16(21)10-6-11(17)8-12(18)7-10)9-15-19-13-4-2-3-5-14(13)22-15/h2-8H,9H2,1H3. The highest BCUT2D eigenvalue weighted by atomic mass is 35.5. The van der Waals surface area contributed by atoms with Gasteiger partial charge in [-0.1, -0.05) is 35.3 Å². The molecule has 0 atom stereocenters. The molecule has 0 saturated heterocycles. The van der Waals surface area contributed by atoms with Crippen LogP contribution in [0.1, 0.15) is 15.4 Å². The van der Waals surface area contributed by atoms with Gasteiger partial charge in [-0.3, -0.25) is 4.79 Å². The number of amides is 1.